The summed E-state index contributed by atoms with van der Waals surface area (Å²) >= 11 is 0. The topological polar surface area (TPSA) is 81.1 Å². The monoisotopic (exact) mass is 231 g/mol. The molecule has 1 heterocycles. The highest BCUT2D eigenvalue weighted by Crippen LogP contribution is 2.09. The van der Waals surface area contributed by atoms with Gasteiger partial charge >= 0.3 is 5.97 Å². The van der Waals surface area contributed by atoms with Crippen molar-refractivity contribution >= 4 is 5.97 Å². The average molecular weight is 231 g/mol. The summed E-state index contributed by atoms with van der Waals surface area (Å²) in [6, 6.07) is 8.48. The molecule has 0 aliphatic carbocycles. The first kappa shape index (κ1) is 11.3. The molecule has 17 heavy (non-hydrogen) atoms. The van der Waals surface area contributed by atoms with Gasteiger partial charge in [-0.2, -0.15) is 5.10 Å². The first-order chi connectivity index (χ1) is 8.16. The van der Waals surface area contributed by atoms with Crippen LogP contribution in [0.25, 0.3) is 5.69 Å². The van der Waals surface area contributed by atoms with Crippen molar-refractivity contribution in [3.05, 3.63) is 48.3 Å². The summed E-state index contributed by atoms with van der Waals surface area (Å²) in [4.78, 5) is 10.6. The lowest BCUT2D eigenvalue weighted by Gasteiger charge is -2.07. The fourth-order valence-electron chi connectivity index (χ4n) is 1.55. The Bertz CT molecular complexity index is 491. The second kappa shape index (κ2) is 4.80. The van der Waals surface area contributed by atoms with E-state index >= 15 is 0 Å². The normalized spacial score (nSPS) is 12.3. The summed E-state index contributed by atoms with van der Waals surface area (Å²) < 4.78 is 1.74. The minimum absolute atomic E-state index is 0.328. The molecule has 5 heteroatoms. The van der Waals surface area contributed by atoms with Gasteiger partial charge in [-0.05, 0) is 30.2 Å². The molecule has 88 valence electrons. The number of carboxylic acid groups (broad SMARTS) is 1. The lowest BCUT2D eigenvalue weighted by Crippen LogP contribution is -2.32. The van der Waals surface area contributed by atoms with Crippen molar-refractivity contribution in [2.24, 2.45) is 5.73 Å². The van der Waals surface area contributed by atoms with E-state index < -0.39 is 12.0 Å². The number of hydrogen-bond donors (Lipinski definition) is 2. The second-order valence-electron chi connectivity index (χ2n) is 3.77. The zero-order valence-electron chi connectivity index (χ0n) is 9.15. The average Bonchev–Trinajstić information content (AvgIpc) is 2.83. The van der Waals surface area contributed by atoms with Crippen molar-refractivity contribution in [1.82, 2.24) is 9.78 Å². The zero-order valence-corrected chi connectivity index (χ0v) is 9.15. The van der Waals surface area contributed by atoms with Gasteiger partial charge in [0.15, 0.2) is 0 Å². The van der Waals surface area contributed by atoms with Crippen LogP contribution in [-0.2, 0) is 11.2 Å². The molecule has 3 N–H and O–H groups in total. The molecule has 2 aromatic rings. The largest absolute Gasteiger partial charge is 0.480 e. The van der Waals surface area contributed by atoms with Gasteiger partial charge in [-0.1, -0.05) is 12.1 Å². The third-order valence-electron chi connectivity index (χ3n) is 2.48. The van der Waals surface area contributed by atoms with Gasteiger partial charge in [-0.3, -0.25) is 4.79 Å². The second-order valence-corrected chi connectivity index (χ2v) is 3.77. The summed E-state index contributed by atoms with van der Waals surface area (Å²) in [6.07, 6.45) is 3.88. The SMILES string of the molecule is NC(Cc1ccc(-n2cccn2)cc1)C(=O)O. The molecular formula is C12H13N3O2. The summed E-state index contributed by atoms with van der Waals surface area (Å²) in [5.41, 5.74) is 7.30. The Labute approximate surface area is 98.5 Å². The molecule has 0 aliphatic rings. The third kappa shape index (κ3) is 2.70. The van der Waals surface area contributed by atoms with Gasteiger partial charge in [-0.25, -0.2) is 4.68 Å². The van der Waals surface area contributed by atoms with Crippen molar-refractivity contribution in [2.75, 3.05) is 0 Å². The van der Waals surface area contributed by atoms with Gasteiger partial charge in [0.1, 0.15) is 6.04 Å². The molecule has 0 saturated heterocycles. The molecule has 0 saturated carbocycles. The summed E-state index contributed by atoms with van der Waals surface area (Å²) in [6.45, 7) is 0. The van der Waals surface area contributed by atoms with Crippen LogP contribution in [0, 0.1) is 0 Å². The van der Waals surface area contributed by atoms with Gasteiger partial charge in [0, 0.05) is 12.4 Å². The third-order valence-corrected chi connectivity index (χ3v) is 2.48. The Balaban J connectivity index is 2.11. The summed E-state index contributed by atoms with van der Waals surface area (Å²) in [7, 11) is 0. The maximum atomic E-state index is 10.6. The molecule has 0 spiro atoms. The van der Waals surface area contributed by atoms with Crippen LogP contribution < -0.4 is 5.73 Å². The number of aromatic nitrogens is 2. The molecule has 0 aliphatic heterocycles. The van der Waals surface area contributed by atoms with Gasteiger partial charge in [0.05, 0.1) is 5.69 Å². The fraction of sp³-hybridized carbons (Fsp3) is 0.167. The molecule has 1 aromatic carbocycles. The van der Waals surface area contributed by atoms with Crippen LogP contribution in [0.2, 0.25) is 0 Å². The first-order valence-electron chi connectivity index (χ1n) is 5.24. The van der Waals surface area contributed by atoms with Crippen molar-refractivity contribution in [3.8, 4) is 5.69 Å². The van der Waals surface area contributed by atoms with Crippen molar-refractivity contribution < 1.29 is 9.90 Å². The Kier molecular flexibility index (Phi) is 3.20. The van der Waals surface area contributed by atoms with Crippen LogP contribution in [0.1, 0.15) is 5.56 Å². The van der Waals surface area contributed by atoms with Crippen LogP contribution in [0.4, 0.5) is 0 Å². The molecular weight excluding hydrogens is 218 g/mol. The highest BCUT2D eigenvalue weighted by Gasteiger charge is 2.11. The van der Waals surface area contributed by atoms with E-state index in [-0.39, 0.29) is 0 Å². The predicted molar refractivity (Wildman–Crippen MR) is 62.9 cm³/mol. The van der Waals surface area contributed by atoms with E-state index in [1.165, 1.54) is 0 Å². The van der Waals surface area contributed by atoms with Crippen LogP contribution in [0.3, 0.4) is 0 Å². The molecule has 0 radical (unpaired) electrons. The maximum absolute atomic E-state index is 10.6. The zero-order chi connectivity index (χ0) is 12.3. The fourth-order valence-corrected chi connectivity index (χ4v) is 1.55. The Hall–Kier alpha value is -2.14. The van der Waals surface area contributed by atoms with E-state index in [4.69, 9.17) is 10.8 Å². The van der Waals surface area contributed by atoms with E-state index in [9.17, 15) is 4.79 Å². The lowest BCUT2D eigenvalue weighted by atomic mass is 10.1. The highest BCUT2D eigenvalue weighted by atomic mass is 16.4. The summed E-state index contributed by atoms with van der Waals surface area (Å²) in [5, 5.41) is 12.8. The molecule has 0 amide bonds. The maximum Gasteiger partial charge on any atom is 0.320 e. The Morgan fingerprint density at radius 3 is 2.65 bits per heavy atom. The van der Waals surface area contributed by atoms with Gasteiger partial charge in [0.2, 0.25) is 0 Å². The number of hydrogen-bond acceptors (Lipinski definition) is 3. The van der Waals surface area contributed by atoms with Crippen molar-refractivity contribution in [3.63, 3.8) is 0 Å². The lowest BCUT2D eigenvalue weighted by molar-refractivity contribution is -0.138. The smallest absolute Gasteiger partial charge is 0.320 e. The quantitative estimate of drug-likeness (QED) is 0.816. The van der Waals surface area contributed by atoms with Gasteiger partial charge in [-0.15, -0.1) is 0 Å². The van der Waals surface area contributed by atoms with Crippen molar-refractivity contribution in [2.45, 2.75) is 12.5 Å². The van der Waals surface area contributed by atoms with Crippen LogP contribution in [0.15, 0.2) is 42.7 Å². The van der Waals surface area contributed by atoms with E-state index in [2.05, 4.69) is 5.10 Å². The molecule has 5 nitrogen and oxygen atoms in total. The summed E-state index contributed by atoms with van der Waals surface area (Å²) in [5.74, 6) is -0.985. The molecule has 1 unspecified atom stereocenters. The number of aliphatic carboxylic acids is 1. The molecule has 1 atom stereocenters. The van der Waals surface area contributed by atoms with Crippen LogP contribution >= 0.6 is 0 Å². The molecule has 0 bridgehead atoms. The van der Waals surface area contributed by atoms with E-state index in [0.29, 0.717) is 6.42 Å². The first-order valence-corrected chi connectivity index (χ1v) is 5.24. The Morgan fingerprint density at radius 1 is 1.41 bits per heavy atom. The Morgan fingerprint density at radius 2 is 2.12 bits per heavy atom. The number of rotatable bonds is 4. The number of carboxylic acids is 1. The number of carbonyl (C=O) groups is 1. The molecule has 1 aromatic heterocycles. The van der Waals surface area contributed by atoms with E-state index in [0.717, 1.165) is 11.3 Å². The highest BCUT2D eigenvalue weighted by molar-refractivity contribution is 5.73. The number of benzene rings is 1. The van der Waals surface area contributed by atoms with E-state index in [1.54, 1.807) is 10.9 Å². The standard InChI is InChI=1S/C12H13N3O2/c13-11(12(16)17)8-9-2-4-10(5-3-9)15-7-1-6-14-15/h1-7,11H,8,13H2,(H,16,17). The van der Waals surface area contributed by atoms with Crippen LogP contribution in [0.5, 0.6) is 0 Å². The molecule has 2 rings (SSSR count). The minimum atomic E-state index is -0.985. The predicted octanol–water partition coefficient (Wildman–Crippen LogP) is 0.827. The van der Waals surface area contributed by atoms with Gasteiger partial charge in [0.25, 0.3) is 0 Å². The van der Waals surface area contributed by atoms with Crippen LogP contribution in [-0.4, -0.2) is 26.9 Å². The number of nitrogens with two attached hydrogens (primary N) is 1. The van der Waals surface area contributed by atoms with Gasteiger partial charge < -0.3 is 10.8 Å². The minimum Gasteiger partial charge on any atom is -0.480 e. The molecule has 0 fully saturated rings. The van der Waals surface area contributed by atoms with Crippen molar-refractivity contribution in [1.29, 1.82) is 0 Å². The van der Waals surface area contributed by atoms with E-state index in [1.807, 2.05) is 36.5 Å². The number of nitrogens with zero attached hydrogens (tertiary/aromatic N) is 2.